The number of aromatic amines is 1. The van der Waals surface area contributed by atoms with E-state index < -0.39 is 0 Å². The smallest absolute Gasteiger partial charge is 0.252 e. The van der Waals surface area contributed by atoms with Gasteiger partial charge in [0.1, 0.15) is 0 Å². The van der Waals surface area contributed by atoms with Crippen molar-refractivity contribution in [2.45, 2.75) is 26.3 Å². The molecule has 0 bridgehead atoms. The Morgan fingerprint density at radius 1 is 1.11 bits per heavy atom. The minimum atomic E-state index is -0.0280. The third-order valence-electron chi connectivity index (χ3n) is 3.25. The first-order valence-electron chi connectivity index (χ1n) is 6.59. The van der Waals surface area contributed by atoms with Gasteiger partial charge in [-0.05, 0) is 30.2 Å². The first-order valence-corrected chi connectivity index (χ1v) is 6.59. The predicted octanol–water partition coefficient (Wildman–Crippen LogP) is 2.88. The van der Waals surface area contributed by atoms with E-state index in [4.69, 9.17) is 0 Å². The van der Waals surface area contributed by atoms with Crippen molar-refractivity contribution in [1.82, 2.24) is 10.3 Å². The molecule has 0 aliphatic rings. The van der Waals surface area contributed by atoms with Crippen LogP contribution in [0.1, 0.15) is 30.9 Å². The molecule has 100 valence electrons. The van der Waals surface area contributed by atoms with Crippen molar-refractivity contribution in [2.75, 3.05) is 7.05 Å². The first kappa shape index (κ1) is 13.6. The van der Waals surface area contributed by atoms with Gasteiger partial charge in [-0.25, -0.2) is 0 Å². The topological polar surface area (TPSA) is 44.9 Å². The quantitative estimate of drug-likeness (QED) is 0.883. The molecule has 0 aliphatic heterocycles. The number of hydrogen-bond donors (Lipinski definition) is 2. The summed E-state index contributed by atoms with van der Waals surface area (Å²) >= 11 is 0. The molecule has 0 saturated carbocycles. The van der Waals surface area contributed by atoms with Crippen LogP contribution in [-0.2, 0) is 6.54 Å². The highest BCUT2D eigenvalue weighted by Gasteiger charge is 2.04. The maximum Gasteiger partial charge on any atom is 0.252 e. The molecule has 0 radical (unpaired) electrons. The SMILES string of the molecule is CNCc1ccc(-c2ccc(C(C)C)cc2)[nH]c1=O. The van der Waals surface area contributed by atoms with E-state index in [0.29, 0.717) is 12.5 Å². The summed E-state index contributed by atoms with van der Waals surface area (Å²) in [6.45, 7) is 4.93. The fourth-order valence-corrected chi connectivity index (χ4v) is 2.05. The molecule has 0 amide bonds. The van der Waals surface area contributed by atoms with E-state index in [-0.39, 0.29) is 5.56 Å². The van der Waals surface area contributed by atoms with Gasteiger partial charge in [0.2, 0.25) is 0 Å². The van der Waals surface area contributed by atoms with E-state index in [1.807, 2.05) is 19.2 Å². The van der Waals surface area contributed by atoms with Crippen LogP contribution in [0.5, 0.6) is 0 Å². The van der Waals surface area contributed by atoms with E-state index in [2.05, 4.69) is 48.4 Å². The molecule has 0 aliphatic carbocycles. The Hall–Kier alpha value is -1.87. The Kier molecular flexibility index (Phi) is 4.17. The van der Waals surface area contributed by atoms with Gasteiger partial charge in [-0.2, -0.15) is 0 Å². The molecule has 1 heterocycles. The molecule has 0 atom stereocenters. The van der Waals surface area contributed by atoms with Crippen molar-refractivity contribution in [3.8, 4) is 11.3 Å². The molecular formula is C16H20N2O. The molecule has 3 nitrogen and oxygen atoms in total. The predicted molar refractivity (Wildman–Crippen MR) is 79.4 cm³/mol. The number of rotatable bonds is 4. The van der Waals surface area contributed by atoms with E-state index in [9.17, 15) is 4.79 Å². The van der Waals surface area contributed by atoms with Crippen LogP contribution in [0.3, 0.4) is 0 Å². The van der Waals surface area contributed by atoms with Gasteiger partial charge in [0.15, 0.2) is 0 Å². The highest BCUT2D eigenvalue weighted by molar-refractivity contribution is 5.59. The van der Waals surface area contributed by atoms with Crippen LogP contribution in [-0.4, -0.2) is 12.0 Å². The van der Waals surface area contributed by atoms with Crippen LogP contribution in [0.15, 0.2) is 41.2 Å². The van der Waals surface area contributed by atoms with Crippen LogP contribution >= 0.6 is 0 Å². The molecule has 3 heteroatoms. The van der Waals surface area contributed by atoms with Crippen LogP contribution in [0.4, 0.5) is 0 Å². The van der Waals surface area contributed by atoms with Gasteiger partial charge < -0.3 is 10.3 Å². The number of aromatic nitrogens is 1. The lowest BCUT2D eigenvalue weighted by Gasteiger charge is -2.07. The summed E-state index contributed by atoms with van der Waals surface area (Å²) in [5.74, 6) is 0.520. The molecule has 0 unspecified atom stereocenters. The van der Waals surface area contributed by atoms with Crippen molar-refractivity contribution < 1.29 is 0 Å². The molecule has 0 fully saturated rings. The van der Waals surface area contributed by atoms with Crippen molar-refractivity contribution in [2.24, 2.45) is 0 Å². The molecular weight excluding hydrogens is 236 g/mol. The Labute approximate surface area is 113 Å². The Morgan fingerprint density at radius 3 is 2.32 bits per heavy atom. The summed E-state index contributed by atoms with van der Waals surface area (Å²) in [5.41, 5.74) is 3.93. The summed E-state index contributed by atoms with van der Waals surface area (Å²) in [5, 5.41) is 2.98. The van der Waals surface area contributed by atoms with E-state index in [1.165, 1.54) is 5.56 Å². The lowest BCUT2D eigenvalue weighted by atomic mass is 10.0. The standard InChI is InChI=1S/C16H20N2O/c1-11(2)12-4-6-13(7-5-12)15-9-8-14(10-17-3)16(19)18-15/h4-9,11,17H,10H2,1-3H3,(H,18,19). The molecule has 2 rings (SSSR count). The number of pyridine rings is 1. The van der Waals surface area contributed by atoms with Gasteiger partial charge in [-0.3, -0.25) is 4.79 Å². The largest absolute Gasteiger partial charge is 0.322 e. The summed E-state index contributed by atoms with van der Waals surface area (Å²) in [7, 11) is 1.83. The number of hydrogen-bond acceptors (Lipinski definition) is 2. The molecule has 0 saturated heterocycles. The monoisotopic (exact) mass is 256 g/mol. The molecule has 2 aromatic rings. The van der Waals surface area contributed by atoms with E-state index >= 15 is 0 Å². The van der Waals surface area contributed by atoms with Crippen LogP contribution in [0, 0.1) is 0 Å². The van der Waals surface area contributed by atoms with Gasteiger partial charge in [0.25, 0.3) is 5.56 Å². The molecule has 2 N–H and O–H groups in total. The minimum Gasteiger partial charge on any atom is -0.322 e. The van der Waals surface area contributed by atoms with Gasteiger partial charge in [-0.15, -0.1) is 0 Å². The third kappa shape index (κ3) is 3.12. The Morgan fingerprint density at radius 2 is 1.79 bits per heavy atom. The lowest BCUT2D eigenvalue weighted by Crippen LogP contribution is -2.18. The molecule has 19 heavy (non-hydrogen) atoms. The first-order chi connectivity index (χ1) is 9.11. The number of nitrogens with one attached hydrogen (secondary N) is 2. The zero-order valence-electron chi connectivity index (χ0n) is 11.7. The fourth-order valence-electron chi connectivity index (χ4n) is 2.05. The van der Waals surface area contributed by atoms with Gasteiger partial charge in [-0.1, -0.05) is 44.2 Å². The van der Waals surface area contributed by atoms with Crippen molar-refractivity contribution >= 4 is 0 Å². The molecule has 1 aromatic heterocycles. The maximum atomic E-state index is 11.9. The summed E-state index contributed by atoms with van der Waals surface area (Å²) in [6.07, 6.45) is 0. The number of H-pyrrole nitrogens is 1. The third-order valence-corrected chi connectivity index (χ3v) is 3.25. The number of benzene rings is 1. The van der Waals surface area contributed by atoms with Gasteiger partial charge in [0.05, 0.1) is 0 Å². The highest BCUT2D eigenvalue weighted by atomic mass is 16.1. The maximum absolute atomic E-state index is 11.9. The van der Waals surface area contributed by atoms with Crippen LogP contribution in [0.25, 0.3) is 11.3 Å². The average Bonchev–Trinajstić information content (AvgIpc) is 2.41. The van der Waals surface area contributed by atoms with E-state index in [0.717, 1.165) is 16.8 Å². The van der Waals surface area contributed by atoms with Crippen molar-refractivity contribution in [3.05, 3.63) is 57.9 Å². The second-order valence-electron chi connectivity index (χ2n) is 5.03. The second-order valence-corrected chi connectivity index (χ2v) is 5.03. The normalized spacial score (nSPS) is 10.9. The molecule has 0 spiro atoms. The van der Waals surface area contributed by atoms with Crippen LogP contribution in [0.2, 0.25) is 0 Å². The summed E-state index contributed by atoms with van der Waals surface area (Å²) in [6, 6.07) is 12.2. The van der Waals surface area contributed by atoms with Crippen molar-refractivity contribution in [3.63, 3.8) is 0 Å². The van der Waals surface area contributed by atoms with Gasteiger partial charge >= 0.3 is 0 Å². The fraction of sp³-hybridized carbons (Fsp3) is 0.312. The van der Waals surface area contributed by atoms with E-state index in [1.54, 1.807) is 0 Å². The van der Waals surface area contributed by atoms with Gasteiger partial charge in [0, 0.05) is 17.8 Å². The summed E-state index contributed by atoms with van der Waals surface area (Å²) in [4.78, 5) is 14.8. The zero-order chi connectivity index (χ0) is 13.8. The highest BCUT2D eigenvalue weighted by Crippen LogP contribution is 2.20. The molecule has 1 aromatic carbocycles. The Bertz CT molecular complexity index is 597. The zero-order valence-corrected chi connectivity index (χ0v) is 11.7. The minimum absolute atomic E-state index is 0.0280. The van der Waals surface area contributed by atoms with Crippen molar-refractivity contribution in [1.29, 1.82) is 0 Å². The lowest BCUT2D eigenvalue weighted by molar-refractivity contribution is 0.805. The summed E-state index contributed by atoms with van der Waals surface area (Å²) < 4.78 is 0. The average molecular weight is 256 g/mol. The van der Waals surface area contributed by atoms with Crippen LogP contribution < -0.4 is 10.9 Å². The second kappa shape index (κ2) is 5.85. The Balaban J connectivity index is 2.31.